The van der Waals surface area contributed by atoms with Gasteiger partial charge in [-0.3, -0.25) is 5.41 Å². The molecule has 0 fully saturated rings. The van der Waals surface area contributed by atoms with Crippen molar-refractivity contribution in [2.45, 2.75) is 19.7 Å². The highest BCUT2D eigenvalue weighted by Gasteiger charge is 2.21. The van der Waals surface area contributed by atoms with Crippen molar-refractivity contribution in [1.29, 1.82) is 5.41 Å². The summed E-state index contributed by atoms with van der Waals surface area (Å²) in [7, 11) is 0. The van der Waals surface area contributed by atoms with Crippen molar-refractivity contribution in [3.8, 4) is 11.1 Å². The molecule has 1 heterocycles. The van der Waals surface area contributed by atoms with Crippen LogP contribution in [0.5, 0.6) is 0 Å². The lowest BCUT2D eigenvalue weighted by Crippen LogP contribution is -2.30. The fraction of sp³-hybridized carbons (Fsp3) is 0.136. The Bertz CT molecular complexity index is 889. The largest absolute Gasteiger partial charge is 0.460 e. The van der Waals surface area contributed by atoms with E-state index in [-0.39, 0.29) is 6.02 Å². The van der Waals surface area contributed by atoms with Gasteiger partial charge < -0.3 is 9.64 Å². The van der Waals surface area contributed by atoms with Crippen molar-refractivity contribution in [3.63, 3.8) is 0 Å². The van der Waals surface area contributed by atoms with Gasteiger partial charge in [0.2, 0.25) is 0 Å². The van der Waals surface area contributed by atoms with Gasteiger partial charge in [0.05, 0.1) is 0 Å². The minimum atomic E-state index is 0.187. The molecule has 0 radical (unpaired) electrons. The molecule has 0 aliphatic carbocycles. The van der Waals surface area contributed by atoms with E-state index in [4.69, 9.17) is 21.7 Å². The van der Waals surface area contributed by atoms with Crippen LogP contribution in [-0.2, 0) is 24.4 Å². The molecular weight excluding hydrogens is 344 g/mol. The zero-order chi connectivity index (χ0) is 17.9. The highest BCUT2D eigenvalue weighted by Crippen LogP contribution is 2.32. The molecule has 3 aromatic rings. The van der Waals surface area contributed by atoms with Crippen molar-refractivity contribution in [3.05, 3.63) is 94.5 Å². The Hall–Kier alpha value is -2.78. The number of halogens is 1. The molecule has 1 N–H and O–H groups in total. The number of hydrogen-bond donors (Lipinski definition) is 1. The Morgan fingerprint density at radius 3 is 1.96 bits per heavy atom. The van der Waals surface area contributed by atoms with E-state index < -0.39 is 0 Å². The Balaban J connectivity index is 1.56. The third-order valence-electron chi connectivity index (χ3n) is 4.62. The molecule has 130 valence electrons. The van der Waals surface area contributed by atoms with Crippen molar-refractivity contribution < 1.29 is 4.74 Å². The Kier molecular flexibility index (Phi) is 4.63. The minimum Gasteiger partial charge on any atom is -0.460 e. The first-order valence-electron chi connectivity index (χ1n) is 8.57. The summed E-state index contributed by atoms with van der Waals surface area (Å²) in [6.07, 6.45) is 0. The SMILES string of the molecule is N=C(OCc1ccc(Cl)cc1)N1Cc2ccccc2-c2ccccc2C1. The number of benzene rings is 3. The summed E-state index contributed by atoms with van der Waals surface area (Å²) < 4.78 is 5.76. The molecule has 4 heteroatoms. The molecule has 0 spiro atoms. The molecule has 4 rings (SSSR count). The second-order valence-corrected chi connectivity index (χ2v) is 6.83. The van der Waals surface area contributed by atoms with Crippen LogP contribution in [0.3, 0.4) is 0 Å². The number of rotatable bonds is 2. The average molecular weight is 363 g/mol. The molecule has 1 aliphatic rings. The molecule has 0 saturated heterocycles. The number of nitrogens with zero attached hydrogens (tertiary/aromatic N) is 1. The monoisotopic (exact) mass is 362 g/mol. The smallest absolute Gasteiger partial charge is 0.285 e. The van der Waals surface area contributed by atoms with E-state index in [1.54, 1.807) is 0 Å². The Labute approximate surface area is 158 Å². The second kappa shape index (κ2) is 7.22. The standard InChI is InChI=1S/C22H19ClN2O/c23-19-11-9-16(10-12-19)15-26-22(24)25-13-17-5-1-3-7-20(17)21-8-4-2-6-18(21)14-25/h1-12,24H,13-15H2. The highest BCUT2D eigenvalue weighted by molar-refractivity contribution is 6.30. The molecule has 0 saturated carbocycles. The van der Waals surface area contributed by atoms with Gasteiger partial charge in [-0.15, -0.1) is 0 Å². The summed E-state index contributed by atoms with van der Waals surface area (Å²) in [5.41, 5.74) is 5.87. The average Bonchev–Trinajstić information content (AvgIpc) is 2.84. The molecule has 1 aliphatic heterocycles. The summed E-state index contributed by atoms with van der Waals surface area (Å²) in [5, 5.41) is 9.13. The van der Waals surface area contributed by atoms with Gasteiger partial charge in [-0.2, -0.15) is 0 Å². The van der Waals surface area contributed by atoms with Crippen LogP contribution >= 0.6 is 11.6 Å². The molecule has 0 bridgehead atoms. The van der Waals surface area contributed by atoms with Crippen LogP contribution in [0.2, 0.25) is 5.02 Å². The molecule has 26 heavy (non-hydrogen) atoms. The number of ether oxygens (including phenoxy) is 1. The third-order valence-corrected chi connectivity index (χ3v) is 4.88. The van der Waals surface area contributed by atoms with Gasteiger partial charge in [0.25, 0.3) is 6.02 Å². The summed E-state index contributed by atoms with van der Waals surface area (Å²) in [5.74, 6) is 0. The van der Waals surface area contributed by atoms with Gasteiger partial charge >= 0.3 is 0 Å². The van der Waals surface area contributed by atoms with Gasteiger partial charge in [0.15, 0.2) is 0 Å². The van der Waals surface area contributed by atoms with Gasteiger partial charge in [-0.1, -0.05) is 72.3 Å². The third kappa shape index (κ3) is 3.44. The van der Waals surface area contributed by atoms with Crippen LogP contribution in [0.15, 0.2) is 72.8 Å². The van der Waals surface area contributed by atoms with Crippen LogP contribution < -0.4 is 0 Å². The van der Waals surface area contributed by atoms with Crippen LogP contribution in [0.4, 0.5) is 0 Å². The van der Waals surface area contributed by atoms with E-state index in [0.717, 1.165) is 5.56 Å². The van der Waals surface area contributed by atoms with Crippen molar-refractivity contribution in [1.82, 2.24) is 4.90 Å². The van der Waals surface area contributed by atoms with E-state index >= 15 is 0 Å². The van der Waals surface area contributed by atoms with Gasteiger partial charge in [-0.25, -0.2) is 0 Å². The molecule has 0 aromatic heterocycles. The van der Waals surface area contributed by atoms with Crippen molar-refractivity contribution in [2.24, 2.45) is 0 Å². The second-order valence-electron chi connectivity index (χ2n) is 6.39. The maximum Gasteiger partial charge on any atom is 0.285 e. The lowest BCUT2D eigenvalue weighted by atomic mass is 9.97. The molecule has 3 aromatic carbocycles. The minimum absolute atomic E-state index is 0.187. The van der Waals surface area contributed by atoms with Crippen molar-refractivity contribution in [2.75, 3.05) is 0 Å². The highest BCUT2D eigenvalue weighted by atomic mass is 35.5. The van der Waals surface area contributed by atoms with E-state index in [1.165, 1.54) is 22.3 Å². The lowest BCUT2D eigenvalue weighted by Gasteiger charge is -2.23. The quantitative estimate of drug-likeness (QED) is 0.484. The number of nitrogens with one attached hydrogen (secondary N) is 1. The number of amidine groups is 1. The number of fused-ring (bicyclic) bond motifs is 3. The van der Waals surface area contributed by atoms with E-state index in [2.05, 4.69) is 36.4 Å². The first-order chi connectivity index (χ1) is 12.7. The zero-order valence-electron chi connectivity index (χ0n) is 14.3. The first kappa shape index (κ1) is 16.7. The topological polar surface area (TPSA) is 36.3 Å². The summed E-state index contributed by atoms with van der Waals surface area (Å²) in [6.45, 7) is 1.67. The molecule has 0 unspecified atom stereocenters. The summed E-state index contributed by atoms with van der Waals surface area (Å²) in [4.78, 5) is 1.97. The summed E-state index contributed by atoms with van der Waals surface area (Å²) >= 11 is 5.92. The van der Waals surface area contributed by atoms with Gasteiger partial charge in [-0.05, 0) is 39.9 Å². The van der Waals surface area contributed by atoms with Gasteiger partial charge in [0, 0.05) is 18.1 Å². The van der Waals surface area contributed by atoms with Gasteiger partial charge in [0.1, 0.15) is 6.61 Å². The normalized spacial score (nSPS) is 12.7. The van der Waals surface area contributed by atoms with Crippen LogP contribution in [0.1, 0.15) is 16.7 Å². The van der Waals surface area contributed by atoms with E-state index in [0.29, 0.717) is 24.7 Å². The lowest BCUT2D eigenvalue weighted by molar-refractivity contribution is 0.210. The Morgan fingerprint density at radius 1 is 0.846 bits per heavy atom. The van der Waals surface area contributed by atoms with Crippen LogP contribution in [-0.4, -0.2) is 10.9 Å². The maximum absolute atomic E-state index is 8.43. The molecular formula is C22H19ClN2O. The molecule has 3 nitrogen and oxygen atoms in total. The van der Waals surface area contributed by atoms with Crippen molar-refractivity contribution >= 4 is 17.6 Å². The Morgan fingerprint density at radius 2 is 1.38 bits per heavy atom. The summed E-state index contributed by atoms with van der Waals surface area (Å²) in [6, 6.07) is 24.5. The van der Waals surface area contributed by atoms with E-state index in [9.17, 15) is 0 Å². The van der Waals surface area contributed by atoms with E-state index in [1.807, 2.05) is 41.3 Å². The fourth-order valence-electron chi connectivity index (χ4n) is 3.28. The predicted molar refractivity (Wildman–Crippen MR) is 105 cm³/mol. The fourth-order valence-corrected chi connectivity index (χ4v) is 3.40. The van der Waals surface area contributed by atoms with Crippen LogP contribution in [0, 0.1) is 5.41 Å². The maximum atomic E-state index is 8.43. The predicted octanol–water partition coefficient (Wildman–Crippen LogP) is 5.47. The zero-order valence-corrected chi connectivity index (χ0v) is 15.0. The first-order valence-corrected chi connectivity index (χ1v) is 8.95. The molecule has 0 amide bonds. The number of hydrogen-bond acceptors (Lipinski definition) is 2. The van der Waals surface area contributed by atoms with Crippen LogP contribution in [0.25, 0.3) is 11.1 Å². The molecule has 0 atom stereocenters.